The van der Waals surface area contributed by atoms with Gasteiger partial charge in [0.05, 0.1) is 0 Å². The molecule has 0 bridgehead atoms. The molecule has 1 aromatic rings. The minimum absolute atomic E-state index is 0.0884. The summed E-state index contributed by atoms with van der Waals surface area (Å²) < 4.78 is 13.5. The van der Waals surface area contributed by atoms with Gasteiger partial charge >= 0.3 is 0 Å². The first kappa shape index (κ1) is 13.5. The molecule has 1 N–H and O–H groups in total. The van der Waals surface area contributed by atoms with Crippen molar-refractivity contribution in [3.8, 4) is 0 Å². The molecular weight excluding hydrogens is 227 g/mol. The molecule has 2 rings (SSSR count). The maximum absolute atomic E-state index is 13.5. The number of hydrogen-bond acceptors (Lipinski definition) is 2. The Balaban J connectivity index is 1.82. The molecule has 0 aromatic heterocycles. The highest BCUT2D eigenvalue weighted by Gasteiger charge is 2.18. The van der Waals surface area contributed by atoms with Crippen LogP contribution in [0.1, 0.15) is 25.3 Å². The highest BCUT2D eigenvalue weighted by molar-refractivity contribution is 5.18. The van der Waals surface area contributed by atoms with Crippen molar-refractivity contribution in [2.75, 3.05) is 20.1 Å². The molecule has 2 nitrogen and oxygen atoms in total. The van der Waals surface area contributed by atoms with Crippen molar-refractivity contribution in [2.24, 2.45) is 0 Å². The van der Waals surface area contributed by atoms with Gasteiger partial charge in [0.2, 0.25) is 0 Å². The fraction of sp³-hybridized carbons (Fsp3) is 0.600. The van der Waals surface area contributed by atoms with Crippen LogP contribution in [0.3, 0.4) is 0 Å². The van der Waals surface area contributed by atoms with E-state index in [4.69, 9.17) is 0 Å². The molecule has 1 aromatic carbocycles. The van der Waals surface area contributed by atoms with Gasteiger partial charge in [0.25, 0.3) is 0 Å². The monoisotopic (exact) mass is 250 g/mol. The van der Waals surface area contributed by atoms with Gasteiger partial charge in [0.15, 0.2) is 0 Å². The number of nitrogens with zero attached hydrogens (tertiary/aromatic N) is 1. The van der Waals surface area contributed by atoms with Crippen LogP contribution in [0.2, 0.25) is 0 Å². The van der Waals surface area contributed by atoms with Gasteiger partial charge in [-0.05, 0) is 58.0 Å². The summed E-state index contributed by atoms with van der Waals surface area (Å²) in [5, 5.41) is 3.62. The average Bonchev–Trinajstić information content (AvgIpc) is 2.35. The van der Waals surface area contributed by atoms with Crippen molar-refractivity contribution in [1.82, 2.24) is 10.2 Å². The Bertz CT molecular complexity index is 373. The van der Waals surface area contributed by atoms with Crippen LogP contribution >= 0.6 is 0 Å². The summed E-state index contributed by atoms with van der Waals surface area (Å²) in [5.74, 6) is -0.0884. The number of nitrogens with one attached hydrogen (secondary N) is 1. The fourth-order valence-electron chi connectivity index (χ4n) is 2.63. The van der Waals surface area contributed by atoms with Crippen molar-refractivity contribution in [3.63, 3.8) is 0 Å². The average molecular weight is 250 g/mol. The van der Waals surface area contributed by atoms with Gasteiger partial charge in [-0.1, -0.05) is 18.2 Å². The summed E-state index contributed by atoms with van der Waals surface area (Å²) in [5.41, 5.74) is 0.811. The zero-order chi connectivity index (χ0) is 13.0. The van der Waals surface area contributed by atoms with Crippen LogP contribution < -0.4 is 5.32 Å². The SMILES string of the molecule is CC(Cc1ccccc1F)NC1CCN(C)CC1. The molecule has 0 radical (unpaired) electrons. The first-order chi connectivity index (χ1) is 8.65. The summed E-state index contributed by atoms with van der Waals surface area (Å²) in [7, 11) is 2.17. The van der Waals surface area contributed by atoms with E-state index in [1.807, 2.05) is 12.1 Å². The van der Waals surface area contributed by atoms with Crippen molar-refractivity contribution < 1.29 is 4.39 Å². The van der Waals surface area contributed by atoms with E-state index in [1.165, 1.54) is 18.9 Å². The van der Waals surface area contributed by atoms with Crippen LogP contribution in [0.15, 0.2) is 24.3 Å². The topological polar surface area (TPSA) is 15.3 Å². The van der Waals surface area contributed by atoms with Crippen LogP contribution in [0.25, 0.3) is 0 Å². The van der Waals surface area contributed by atoms with Crippen LogP contribution in [-0.2, 0) is 6.42 Å². The molecule has 1 aliphatic rings. The van der Waals surface area contributed by atoms with Crippen LogP contribution in [0.4, 0.5) is 4.39 Å². The maximum Gasteiger partial charge on any atom is 0.126 e. The van der Waals surface area contributed by atoms with Crippen molar-refractivity contribution >= 4 is 0 Å². The Morgan fingerprint density at radius 2 is 2.00 bits per heavy atom. The third kappa shape index (κ3) is 3.79. The van der Waals surface area contributed by atoms with Gasteiger partial charge in [-0.25, -0.2) is 4.39 Å². The Labute approximate surface area is 109 Å². The van der Waals surface area contributed by atoms with Crippen molar-refractivity contribution in [2.45, 2.75) is 38.3 Å². The predicted octanol–water partition coefficient (Wildman–Crippen LogP) is 2.44. The van der Waals surface area contributed by atoms with E-state index in [0.717, 1.165) is 25.1 Å². The normalized spacial score (nSPS) is 19.9. The van der Waals surface area contributed by atoms with Crippen LogP contribution in [-0.4, -0.2) is 37.1 Å². The Kier molecular flexibility index (Phi) is 4.72. The Morgan fingerprint density at radius 1 is 1.33 bits per heavy atom. The van der Waals surface area contributed by atoms with E-state index in [2.05, 4.69) is 24.2 Å². The van der Waals surface area contributed by atoms with E-state index in [1.54, 1.807) is 6.07 Å². The lowest BCUT2D eigenvalue weighted by Gasteiger charge is -2.31. The predicted molar refractivity (Wildman–Crippen MR) is 73.2 cm³/mol. The van der Waals surface area contributed by atoms with Gasteiger partial charge in [-0.15, -0.1) is 0 Å². The summed E-state index contributed by atoms with van der Waals surface area (Å²) in [6.45, 7) is 4.46. The highest BCUT2D eigenvalue weighted by atomic mass is 19.1. The smallest absolute Gasteiger partial charge is 0.126 e. The third-order valence-corrected chi connectivity index (χ3v) is 3.72. The molecule has 0 amide bonds. The van der Waals surface area contributed by atoms with E-state index in [0.29, 0.717) is 12.1 Å². The molecule has 1 unspecified atom stereocenters. The van der Waals surface area contributed by atoms with E-state index in [9.17, 15) is 4.39 Å². The number of piperidine rings is 1. The number of halogens is 1. The fourth-order valence-corrected chi connectivity index (χ4v) is 2.63. The lowest BCUT2D eigenvalue weighted by Crippen LogP contribution is -2.44. The summed E-state index contributed by atoms with van der Waals surface area (Å²) in [6.07, 6.45) is 3.15. The molecule has 0 aliphatic carbocycles. The molecule has 1 saturated heterocycles. The molecule has 1 fully saturated rings. The van der Waals surface area contributed by atoms with Gasteiger partial charge < -0.3 is 10.2 Å². The number of benzene rings is 1. The Hall–Kier alpha value is -0.930. The molecule has 100 valence electrons. The van der Waals surface area contributed by atoms with Gasteiger partial charge in [-0.3, -0.25) is 0 Å². The number of hydrogen-bond donors (Lipinski definition) is 1. The highest BCUT2D eigenvalue weighted by Crippen LogP contribution is 2.12. The molecule has 0 spiro atoms. The second-order valence-corrected chi connectivity index (χ2v) is 5.44. The van der Waals surface area contributed by atoms with E-state index < -0.39 is 0 Å². The minimum Gasteiger partial charge on any atom is -0.311 e. The number of likely N-dealkylation sites (tertiary alicyclic amines) is 1. The largest absolute Gasteiger partial charge is 0.311 e. The third-order valence-electron chi connectivity index (χ3n) is 3.72. The zero-order valence-electron chi connectivity index (χ0n) is 11.3. The van der Waals surface area contributed by atoms with E-state index in [-0.39, 0.29) is 5.82 Å². The number of rotatable bonds is 4. The van der Waals surface area contributed by atoms with Crippen molar-refractivity contribution in [1.29, 1.82) is 0 Å². The van der Waals surface area contributed by atoms with Crippen LogP contribution in [0, 0.1) is 5.82 Å². The molecule has 1 heterocycles. The van der Waals surface area contributed by atoms with Gasteiger partial charge in [0, 0.05) is 12.1 Å². The van der Waals surface area contributed by atoms with Crippen LogP contribution in [0.5, 0.6) is 0 Å². The van der Waals surface area contributed by atoms with Gasteiger partial charge in [0.1, 0.15) is 5.82 Å². The maximum atomic E-state index is 13.5. The minimum atomic E-state index is -0.0884. The molecule has 3 heteroatoms. The van der Waals surface area contributed by atoms with Crippen molar-refractivity contribution in [3.05, 3.63) is 35.6 Å². The first-order valence-corrected chi connectivity index (χ1v) is 6.83. The summed E-state index contributed by atoms with van der Waals surface area (Å²) in [4.78, 5) is 2.36. The first-order valence-electron chi connectivity index (χ1n) is 6.83. The van der Waals surface area contributed by atoms with Gasteiger partial charge in [-0.2, -0.15) is 0 Å². The second-order valence-electron chi connectivity index (χ2n) is 5.44. The molecular formula is C15H23FN2. The Morgan fingerprint density at radius 3 is 2.67 bits per heavy atom. The lowest BCUT2D eigenvalue weighted by atomic mass is 10.0. The second kappa shape index (κ2) is 6.30. The quantitative estimate of drug-likeness (QED) is 0.883. The standard InChI is InChI=1S/C15H23FN2/c1-12(11-13-5-3-4-6-15(13)16)17-14-7-9-18(2)10-8-14/h3-6,12,14,17H,7-11H2,1-2H3. The molecule has 1 atom stereocenters. The summed E-state index contributed by atoms with van der Waals surface area (Å²) in [6, 6.07) is 7.98. The van der Waals surface area contributed by atoms with E-state index >= 15 is 0 Å². The molecule has 1 aliphatic heterocycles. The lowest BCUT2D eigenvalue weighted by molar-refractivity contribution is 0.226. The summed E-state index contributed by atoms with van der Waals surface area (Å²) >= 11 is 0. The molecule has 0 saturated carbocycles. The zero-order valence-corrected chi connectivity index (χ0v) is 11.3. The molecule has 18 heavy (non-hydrogen) atoms.